The van der Waals surface area contributed by atoms with Crippen molar-refractivity contribution in [3.63, 3.8) is 0 Å². The fourth-order valence-corrected chi connectivity index (χ4v) is 2.01. The Labute approximate surface area is 113 Å². The van der Waals surface area contributed by atoms with Crippen molar-refractivity contribution in [2.24, 2.45) is 7.05 Å². The van der Waals surface area contributed by atoms with Crippen LogP contribution in [-0.2, 0) is 23.1 Å². The number of aryl methyl sites for hydroxylation is 1. The van der Waals surface area contributed by atoms with E-state index >= 15 is 0 Å². The van der Waals surface area contributed by atoms with Crippen LogP contribution in [0.2, 0.25) is 0 Å². The van der Waals surface area contributed by atoms with Gasteiger partial charge in [0.1, 0.15) is 0 Å². The van der Waals surface area contributed by atoms with Crippen molar-refractivity contribution in [2.45, 2.75) is 25.7 Å². The highest BCUT2D eigenvalue weighted by molar-refractivity contribution is 5.73. The van der Waals surface area contributed by atoms with Crippen LogP contribution in [0.15, 0.2) is 18.5 Å². The Morgan fingerprint density at radius 1 is 1.42 bits per heavy atom. The van der Waals surface area contributed by atoms with Crippen molar-refractivity contribution in [3.05, 3.63) is 24.0 Å². The number of nitrogens with one attached hydrogen (secondary N) is 2. The number of hydrogen-bond acceptors (Lipinski definition) is 3. The third kappa shape index (κ3) is 4.25. The fraction of sp³-hybridized carbons (Fsp3) is 0.615. The molecule has 2 N–H and O–H groups in total. The van der Waals surface area contributed by atoms with E-state index < -0.39 is 5.79 Å². The lowest BCUT2D eigenvalue weighted by Gasteiger charge is -2.22. The van der Waals surface area contributed by atoms with Gasteiger partial charge in [-0.15, -0.1) is 0 Å². The van der Waals surface area contributed by atoms with E-state index in [1.807, 2.05) is 37.0 Å². The molecule has 1 aromatic heterocycles. The summed E-state index contributed by atoms with van der Waals surface area (Å²) in [5.41, 5.74) is 1.08. The van der Waals surface area contributed by atoms with Gasteiger partial charge in [0.15, 0.2) is 5.79 Å². The minimum absolute atomic E-state index is 0.176. The van der Waals surface area contributed by atoms with E-state index in [2.05, 4.69) is 10.6 Å². The molecule has 0 saturated carbocycles. The summed E-state index contributed by atoms with van der Waals surface area (Å²) in [5, 5.41) is 5.60. The summed E-state index contributed by atoms with van der Waals surface area (Å²) >= 11 is 0. The second kappa shape index (κ2) is 6.08. The molecule has 0 radical (unpaired) electrons. The first-order valence-corrected chi connectivity index (χ1v) is 6.48. The van der Waals surface area contributed by atoms with Crippen molar-refractivity contribution in [1.82, 2.24) is 15.2 Å². The molecular formula is C13H21N3O3. The molecule has 0 spiro atoms. The molecule has 2 amide bonds. The summed E-state index contributed by atoms with van der Waals surface area (Å²) in [6.45, 7) is 4.19. The van der Waals surface area contributed by atoms with Crippen molar-refractivity contribution in [2.75, 3.05) is 19.8 Å². The van der Waals surface area contributed by atoms with Crippen LogP contribution in [0, 0.1) is 0 Å². The van der Waals surface area contributed by atoms with Crippen LogP contribution in [0.1, 0.15) is 18.9 Å². The number of carbonyl (C=O) groups excluding carboxylic acids is 1. The topological polar surface area (TPSA) is 64.5 Å². The van der Waals surface area contributed by atoms with Crippen LogP contribution in [0.5, 0.6) is 0 Å². The molecule has 0 atom stereocenters. The number of rotatable bonds is 5. The smallest absolute Gasteiger partial charge is 0.315 e. The molecule has 1 aliphatic heterocycles. The zero-order valence-electron chi connectivity index (χ0n) is 11.4. The predicted octanol–water partition coefficient (Wildman–Crippen LogP) is 0.977. The molecule has 2 rings (SSSR count). The largest absolute Gasteiger partial charge is 0.357 e. The normalized spacial score (nSPS) is 17.4. The Morgan fingerprint density at radius 2 is 2.16 bits per heavy atom. The molecule has 6 nitrogen and oxygen atoms in total. The van der Waals surface area contributed by atoms with Crippen molar-refractivity contribution < 1.29 is 14.3 Å². The summed E-state index contributed by atoms with van der Waals surface area (Å²) in [5.74, 6) is -0.549. The summed E-state index contributed by atoms with van der Waals surface area (Å²) in [6, 6.07) is 1.80. The van der Waals surface area contributed by atoms with Gasteiger partial charge in [-0.3, -0.25) is 0 Å². The summed E-state index contributed by atoms with van der Waals surface area (Å²) in [4.78, 5) is 11.6. The van der Waals surface area contributed by atoms with Crippen LogP contribution in [0.3, 0.4) is 0 Å². The van der Waals surface area contributed by atoms with Crippen LogP contribution < -0.4 is 10.6 Å². The molecule has 6 heteroatoms. The standard InChI is InChI=1S/C13H21N3O3/c1-13(18-7-8-19-13)4-5-14-12(17)15-9-11-3-6-16(2)10-11/h3,6,10H,4-5,7-9H2,1-2H3,(H2,14,15,17). The lowest BCUT2D eigenvalue weighted by Crippen LogP contribution is -2.38. The van der Waals surface area contributed by atoms with E-state index in [1.165, 1.54) is 0 Å². The Balaban J connectivity index is 1.62. The molecule has 0 bridgehead atoms. The van der Waals surface area contributed by atoms with Gasteiger partial charge >= 0.3 is 6.03 Å². The molecule has 1 saturated heterocycles. The minimum Gasteiger partial charge on any atom is -0.357 e. The second-order valence-electron chi connectivity index (χ2n) is 4.88. The molecule has 0 aliphatic carbocycles. The van der Waals surface area contributed by atoms with Crippen LogP contribution in [0.25, 0.3) is 0 Å². The Kier molecular flexibility index (Phi) is 4.44. The minimum atomic E-state index is -0.549. The van der Waals surface area contributed by atoms with Gasteiger partial charge in [0.05, 0.1) is 13.2 Å². The van der Waals surface area contributed by atoms with Crippen LogP contribution in [0.4, 0.5) is 4.79 Å². The summed E-state index contributed by atoms with van der Waals surface area (Å²) < 4.78 is 12.9. The maximum atomic E-state index is 11.6. The molecule has 1 aromatic rings. The fourth-order valence-electron chi connectivity index (χ4n) is 2.01. The maximum absolute atomic E-state index is 11.6. The Bertz CT molecular complexity index is 425. The summed E-state index contributed by atoms with van der Waals surface area (Å²) in [6.07, 6.45) is 4.57. The van der Waals surface area contributed by atoms with Gasteiger partial charge in [0, 0.05) is 39.0 Å². The molecule has 1 aliphatic rings. The first-order chi connectivity index (χ1) is 9.07. The van der Waals surface area contributed by atoms with Gasteiger partial charge in [0.25, 0.3) is 0 Å². The van der Waals surface area contributed by atoms with Gasteiger partial charge in [-0.2, -0.15) is 0 Å². The highest BCUT2D eigenvalue weighted by atomic mass is 16.7. The number of urea groups is 1. The highest BCUT2D eigenvalue weighted by Gasteiger charge is 2.30. The van der Waals surface area contributed by atoms with Gasteiger partial charge in [0.2, 0.25) is 0 Å². The first kappa shape index (κ1) is 13.9. The van der Waals surface area contributed by atoms with Crippen molar-refractivity contribution >= 4 is 6.03 Å². The zero-order chi connectivity index (χ0) is 13.7. The molecule has 0 unspecified atom stereocenters. The van der Waals surface area contributed by atoms with Crippen LogP contribution in [-0.4, -0.2) is 36.1 Å². The van der Waals surface area contributed by atoms with E-state index in [9.17, 15) is 4.79 Å². The van der Waals surface area contributed by atoms with Crippen molar-refractivity contribution in [3.8, 4) is 0 Å². The number of amides is 2. The van der Waals surface area contributed by atoms with E-state index in [0.717, 1.165) is 5.56 Å². The van der Waals surface area contributed by atoms with Crippen LogP contribution >= 0.6 is 0 Å². The average Bonchev–Trinajstić information content (AvgIpc) is 2.96. The van der Waals surface area contributed by atoms with Crippen molar-refractivity contribution in [1.29, 1.82) is 0 Å². The van der Waals surface area contributed by atoms with Gasteiger partial charge < -0.3 is 24.7 Å². The van der Waals surface area contributed by atoms with Gasteiger partial charge in [-0.1, -0.05) is 0 Å². The number of nitrogens with zero attached hydrogens (tertiary/aromatic N) is 1. The number of carbonyl (C=O) groups is 1. The number of aromatic nitrogens is 1. The zero-order valence-corrected chi connectivity index (χ0v) is 11.4. The lowest BCUT2D eigenvalue weighted by atomic mass is 10.2. The average molecular weight is 267 g/mol. The van der Waals surface area contributed by atoms with Gasteiger partial charge in [-0.25, -0.2) is 4.79 Å². The highest BCUT2D eigenvalue weighted by Crippen LogP contribution is 2.21. The van der Waals surface area contributed by atoms with E-state index in [4.69, 9.17) is 9.47 Å². The predicted molar refractivity (Wildman–Crippen MR) is 70.6 cm³/mol. The molecule has 2 heterocycles. The van der Waals surface area contributed by atoms with E-state index in [1.54, 1.807) is 0 Å². The molecule has 106 valence electrons. The van der Waals surface area contributed by atoms with Gasteiger partial charge in [-0.05, 0) is 18.6 Å². The lowest BCUT2D eigenvalue weighted by molar-refractivity contribution is -0.145. The second-order valence-corrected chi connectivity index (χ2v) is 4.88. The third-order valence-electron chi connectivity index (χ3n) is 3.11. The molecule has 1 fully saturated rings. The SMILES string of the molecule is Cn1ccc(CNC(=O)NCCC2(C)OCCO2)c1. The van der Waals surface area contributed by atoms with E-state index in [0.29, 0.717) is 32.7 Å². The monoisotopic (exact) mass is 267 g/mol. The third-order valence-corrected chi connectivity index (χ3v) is 3.11. The van der Waals surface area contributed by atoms with E-state index in [-0.39, 0.29) is 6.03 Å². The maximum Gasteiger partial charge on any atom is 0.315 e. The number of ether oxygens (including phenoxy) is 2. The molecule has 19 heavy (non-hydrogen) atoms. The quantitative estimate of drug-likeness (QED) is 0.835. The molecular weight excluding hydrogens is 246 g/mol. The summed E-state index contributed by atoms with van der Waals surface area (Å²) in [7, 11) is 1.95. The molecule has 0 aromatic carbocycles. The number of hydrogen-bond donors (Lipinski definition) is 2. The Hall–Kier alpha value is -1.53. The Morgan fingerprint density at radius 3 is 2.79 bits per heavy atom. The first-order valence-electron chi connectivity index (χ1n) is 6.48.